The average Bonchev–Trinajstić information content (AvgIpc) is 2.38. The van der Waals surface area contributed by atoms with Gasteiger partial charge in [0.1, 0.15) is 5.82 Å². The summed E-state index contributed by atoms with van der Waals surface area (Å²) >= 11 is 0. The summed E-state index contributed by atoms with van der Waals surface area (Å²) in [6, 6.07) is 10.2. The first-order chi connectivity index (χ1) is 9.52. The molecule has 2 rings (SSSR count). The van der Waals surface area contributed by atoms with Crippen LogP contribution in [0.1, 0.15) is 25.1 Å². The standard InChI is InChI=1S/C16H22N4/c1-11(2)10-17-15-9-13(4)18-16(20-15)19-14-7-5-12(3)6-8-14/h5-9,11H,10H2,1-4H3,(H2,17,18,19,20). The molecule has 4 heteroatoms. The summed E-state index contributed by atoms with van der Waals surface area (Å²) in [5.41, 5.74) is 3.18. The second-order valence-corrected chi connectivity index (χ2v) is 5.48. The number of anilines is 3. The van der Waals surface area contributed by atoms with Crippen molar-refractivity contribution in [1.82, 2.24) is 9.97 Å². The lowest BCUT2D eigenvalue weighted by molar-refractivity contribution is 0.687. The number of nitrogens with zero attached hydrogens (tertiary/aromatic N) is 2. The fraction of sp³-hybridized carbons (Fsp3) is 0.375. The lowest BCUT2D eigenvalue weighted by atomic mass is 10.2. The molecule has 0 fully saturated rings. The van der Waals surface area contributed by atoms with E-state index >= 15 is 0 Å². The molecular formula is C16H22N4. The van der Waals surface area contributed by atoms with E-state index in [1.54, 1.807) is 0 Å². The molecule has 0 radical (unpaired) electrons. The molecule has 0 spiro atoms. The lowest BCUT2D eigenvalue weighted by Crippen LogP contribution is -2.10. The zero-order valence-corrected chi connectivity index (χ0v) is 12.6. The van der Waals surface area contributed by atoms with E-state index < -0.39 is 0 Å². The third-order valence-electron chi connectivity index (χ3n) is 2.85. The fourth-order valence-corrected chi connectivity index (χ4v) is 1.79. The van der Waals surface area contributed by atoms with Crippen molar-refractivity contribution in [3.63, 3.8) is 0 Å². The highest BCUT2D eigenvalue weighted by Crippen LogP contribution is 2.16. The third-order valence-corrected chi connectivity index (χ3v) is 2.85. The molecule has 0 saturated heterocycles. The van der Waals surface area contributed by atoms with Gasteiger partial charge in [0, 0.05) is 24.0 Å². The second kappa shape index (κ2) is 6.37. The van der Waals surface area contributed by atoms with Gasteiger partial charge in [-0.2, -0.15) is 4.98 Å². The van der Waals surface area contributed by atoms with E-state index in [0.29, 0.717) is 11.9 Å². The Kier molecular flexibility index (Phi) is 4.56. The highest BCUT2D eigenvalue weighted by molar-refractivity contribution is 5.55. The molecule has 0 amide bonds. The van der Waals surface area contributed by atoms with E-state index in [1.165, 1.54) is 5.56 Å². The first kappa shape index (κ1) is 14.3. The second-order valence-electron chi connectivity index (χ2n) is 5.48. The van der Waals surface area contributed by atoms with Crippen molar-refractivity contribution in [2.75, 3.05) is 17.2 Å². The molecule has 0 aliphatic carbocycles. The zero-order chi connectivity index (χ0) is 14.5. The summed E-state index contributed by atoms with van der Waals surface area (Å²) in [6.07, 6.45) is 0. The van der Waals surface area contributed by atoms with Gasteiger partial charge in [0.05, 0.1) is 0 Å². The quantitative estimate of drug-likeness (QED) is 0.865. The normalized spacial score (nSPS) is 10.7. The molecule has 0 bridgehead atoms. The maximum Gasteiger partial charge on any atom is 0.229 e. The van der Waals surface area contributed by atoms with Gasteiger partial charge in [-0.3, -0.25) is 0 Å². The molecule has 0 aliphatic heterocycles. The molecule has 0 unspecified atom stereocenters. The van der Waals surface area contributed by atoms with Crippen LogP contribution in [0.4, 0.5) is 17.5 Å². The Bertz CT molecular complexity index is 561. The van der Waals surface area contributed by atoms with Gasteiger partial charge in [-0.15, -0.1) is 0 Å². The van der Waals surface area contributed by atoms with Crippen LogP contribution < -0.4 is 10.6 Å². The monoisotopic (exact) mass is 270 g/mol. The molecule has 1 heterocycles. The number of hydrogen-bond acceptors (Lipinski definition) is 4. The minimum Gasteiger partial charge on any atom is -0.370 e. The summed E-state index contributed by atoms with van der Waals surface area (Å²) in [4.78, 5) is 8.91. The van der Waals surface area contributed by atoms with E-state index in [4.69, 9.17) is 0 Å². The van der Waals surface area contributed by atoms with Crippen LogP contribution >= 0.6 is 0 Å². The summed E-state index contributed by atoms with van der Waals surface area (Å²) in [7, 11) is 0. The average molecular weight is 270 g/mol. The first-order valence-corrected chi connectivity index (χ1v) is 6.96. The highest BCUT2D eigenvalue weighted by atomic mass is 15.1. The highest BCUT2D eigenvalue weighted by Gasteiger charge is 2.03. The smallest absolute Gasteiger partial charge is 0.229 e. The van der Waals surface area contributed by atoms with Crippen molar-refractivity contribution < 1.29 is 0 Å². The van der Waals surface area contributed by atoms with Gasteiger partial charge in [-0.05, 0) is 31.9 Å². The molecule has 20 heavy (non-hydrogen) atoms. The number of rotatable bonds is 5. The zero-order valence-electron chi connectivity index (χ0n) is 12.6. The van der Waals surface area contributed by atoms with Crippen molar-refractivity contribution in [3.05, 3.63) is 41.6 Å². The van der Waals surface area contributed by atoms with Crippen LogP contribution in [0.3, 0.4) is 0 Å². The number of nitrogens with one attached hydrogen (secondary N) is 2. The van der Waals surface area contributed by atoms with Crippen molar-refractivity contribution in [1.29, 1.82) is 0 Å². The topological polar surface area (TPSA) is 49.8 Å². The minimum absolute atomic E-state index is 0.582. The maximum atomic E-state index is 4.49. The maximum absolute atomic E-state index is 4.49. The van der Waals surface area contributed by atoms with Gasteiger partial charge in [0.15, 0.2) is 0 Å². The molecule has 2 aromatic rings. The van der Waals surface area contributed by atoms with Crippen LogP contribution in [0.25, 0.3) is 0 Å². The fourth-order valence-electron chi connectivity index (χ4n) is 1.79. The van der Waals surface area contributed by atoms with Gasteiger partial charge >= 0.3 is 0 Å². The van der Waals surface area contributed by atoms with Crippen molar-refractivity contribution in [2.24, 2.45) is 5.92 Å². The molecular weight excluding hydrogens is 248 g/mol. The minimum atomic E-state index is 0.582. The molecule has 0 saturated carbocycles. The van der Waals surface area contributed by atoms with Gasteiger partial charge in [-0.25, -0.2) is 4.98 Å². The molecule has 4 nitrogen and oxygen atoms in total. The number of hydrogen-bond donors (Lipinski definition) is 2. The van der Waals surface area contributed by atoms with Gasteiger partial charge in [0.2, 0.25) is 5.95 Å². The van der Waals surface area contributed by atoms with Crippen LogP contribution in [-0.2, 0) is 0 Å². The van der Waals surface area contributed by atoms with Crippen LogP contribution in [0.2, 0.25) is 0 Å². The Hall–Kier alpha value is -2.10. The van der Waals surface area contributed by atoms with E-state index in [2.05, 4.69) is 53.5 Å². The summed E-state index contributed by atoms with van der Waals surface area (Å²) in [5, 5.41) is 6.57. The first-order valence-electron chi connectivity index (χ1n) is 6.96. The lowest BCUT2D eigenvalue weighted by Gasteiger charge is -2.11. The molecule has 2 N–H and O–H groups in total. The number of aromatic nitrogens is 2. The molecule has 1 aromatic carbocycles. The molecule has 0 atom stereocenters. The predicted molar refractivity (Wildman–Crippen MR) is 84.6 cm³/mol. The van der Waals surface area contributed by atoms with Gasteiger partial charge in [0.25, 0.3) is 0 Å². The predicted octanol–water partition coefficient (Wildman–Crippen LogP) is 3.90. The van der Waals surface area contributed by atoms with Crippen LogP contribution in [0.15, 0.2) is 30.3 Å². The van der Waals surface area contributed by atoms with Crippen molar-refractivity contribution >= 4 is 17.5 Å². The van der Waals surface area contributed by atoms with Crippen LogP contribution in [0.5, 0.6) is 0 Å². The summed E-state index contributed by atoms with van der Waals surface area (Å²) in [5.74, 6) is 2.07. The van der Waals surface area contributed by atoms with Crippen LogP contribution in [-0.4, -0.2) is 16.5 Å². The summed E-state index contributed by atoms with van der Waals surface area (Å²) < 4.78 is 0. The molecule has 1 aromatic heterocycles. The van der Waals surface area contributed by atoms with Gasteiger partial charge < -0.3 is 10.6 Å². The van der Waals surface area contributed by atoms with E-state index in [0.717, 1.165) is 23.7 Å². The van der Waals surface area contributed by atoms with E-state index in [1.807, 2.05) is 25.1 Å². The summed E-state index contributed by atoms with van der Waals surface area (Å²) in [6.45, 7) is 9.29. The SMILES string of the molecule is Cc1ccc(Nc2nc(C)cc(NCC(C)C)n2)cc1. The number of benzene rings is 1. The Morgan fingerprint density at radius 3 is 2.40 bits per heavy atom. The Morgan fingerprint density at radius 2 is 1.75 bits per heavy atom. The Labute approximate surface area is 120 Å². The van der Waals surface area contributed by atoms with E-state index in [9.17, 15) is 0 Å². The van der Waals surface area contributed by atoms with Crippen LogP contribution in [0, 0.1) is 19.8 Å². The molecule has 106 valence electrons. The largest absolute Gasteiger partial charge is 0.370 e. The van der Waals surface area contributed by atoms with Crippen molar-refractivity contribution in [3.8, 4) is 0 Å². The van der Waals surface area contributed by atoms with E-state index in [-0.39, 0.29) is 0 Å². The van der Waals surface area contributed by atoms with Gasteiger partial charge in [-0.1, -0.05) is 31.5 Å². The number of aryl methyl sites for hydroxylation is 2. The Morgan fingerprint density at radius 1 is 1.05 bits per heavy atom. The molecule has 0 aliphatic rings. The van der Waals surface area contributed by atoms with Crippen molar-refractivity contribution in [2.45, 2.75) is 27.7 Å². The Balaban J connectivity index is 2.13. The third kappa shape index (κ3) is 4.23.